The summed E-state index contributed by atoms with van der Waals surface area (Å²) in [5.41, 5.74) is 0.168. The summed E-state index contributed by atoms with van der Waals surface area (Å²) in [6, 6.07) is 13.3. The number of nitrogens with zero attached hydrogens (tertiary/aromatic N) is 1. The van der Waals surface area contributed by atoms with Gasteiger partial charge in [-0.2, -0.15) is 13.2 Å². The van der Waals surface area contributed by atoms with E-state index in [-0.39, 0.29) is 35.2 Å². The lowest BCUT2D eigenvalue weighted by molar-refractivity contribution is -0.136. The monoisotopic (exact) mass is 439 g/mol. The van der Waals surface area contributed by atoms with Gasteiger partial charge in [0.25, 0.3) is 0 Å². The molecule has 0 saturated heterocycles. The van der Waals surface area contributed by atoms with Gasteiger partial charge in [0.15, 0.2) is 0 Å². The second-order valence-electron chi connectivity index (χ2n) is 6.22. The zero-order valence-corrected chi connectivity index (χ0v) is 16.3. The highest BCUT2D eigenvalue weighted by Gasteiger charge is 2.35. The highest BCUT2D eigenvalue weighted by atomic mass is 79.9. The summed E-state index contributed by atoms with van der Waals surface area (Å²) in [5, 5.41) is -0.0936. The maximum absolute atomic E-state index is 13.8. The summed E-state index contributed by atoms with van der Waals surface area (Å²) in [6.07, 6.45) is -4.87. The number of hydrogen-bond donors (Lipinski definition) is 0. The molecule has 0 amide bonds. The minimum Gasteiger partial charge on any atom is -0.487 e. The third-order valence-electron chi connectivity index (χ3n) is 3.74. The van der Waals surface area contributed by atoms with Crippen molar-refractivity contribution in [3.63, 3.8) is 0 Å². The molecule has 0 aliphatic rings. The molecule has 0 fully saturated rings. The minimum atomic E-state index is -4.58. The number of benzene rings is 2. The Labute approximate surface area is 163 Å². The van der Waals surface area contributed by atoms with E-state index in [2.05, 4.69) is 20.9 Å². The predicted molar refractivity (Wildman–Crippen MR) is 101 cm³/mol. The zero-order chi connectivity index (χ0) is 19.6. The number of fused-ring (bicyclic) bond motifs is 1. The van der Waals surface area contributed by atoms with Crippen LogP contribution in [0.15, 0.2) is 53.0 Å². The number of halogens is 4. The van der Waals surface area contributed by atoms with Crippen molar-refractivity contribution in [1.82, 2.24) is 4.98 Å². The van der Waals surface area contributed by atoms with Gasteiger partial charge in [0.1, 0.15) is 12.4 Å². The van der Waals surface area contributed by atoms with Crippen molar-refractivity contribution in [1.29, 1.82) is 0 Å². The van der Waals surface area contributed by atoms with Gasteiger partial charge in [-0.05, 0) is 47.5 Å². The lowest BCUT2D eigenvalue weighted by Gasteiger charge is -2.18. The van der Waals surface area contributed by atoms with Crippen molar-refractivity contribution in [3.8, 4) is 11.6 Å². The van der Waals surface area contributed by atoms with Crippen LogP contribution in [-0.2, 0) is 12.8 Å². The van der Waals surface area contributed by atoms with Crippen LogP contribution in [0.1, 0.15) is 25.0 Å². The zero-order valence-electron chi connectivity index (χ0n) is 14.7. The van der Waals surface area contributed by atoms with Gasteiger partial charge in [0.2, 0.25) is 5.88 Å². The molecule has 27 heavy (non-hydrogen) atoms. The fourth-order valence-electron chi connectivity index (χ4n) is 2.64. The first kappa shape index (κ1) is 19.5. The largest absolute Gasteiger partial charge is 0.487 e. The van der Waals surface area contributed by atoms with Gasteiger partial charge in [0, 0.05) is 6.07 Å². The molecule has 3 aromatic rings. The number of alkyl halides is 3. The van der Waals surface area contributed by atoms with Gasteiger partial charge >= 0.3 is 6.18 Å². The Balaban J connectivity index is 2.13. The summed E-state index contributed by atoms with van der Waals surface area (Å²) in [5.74, 6) is 0.0356. The lowest BCUT2D eigenvalue weighted by Crippen LogP contribution is -2.12. The van der Waals surface area contributed by atoms with Crippen LogP contribution in [0.5, 0.6) is 11.6 Å². The third kappa shape index (κ3) is 4.53. The maximum atomic E-state index is 13.8. The van der Waals surface area contributed by atoms with Gasteiger partial charge in [0.05, 0.1) is 27.0 Å². The van der Waals surface area contributed by atoms with Crippen LogP contribution >= 0.6 is 15.9 Å². The fourth-order valence-corrected chi connectivity index (χ4v) is 3.09. The molecule has 2 aromatic carbocycles. The number of rotatable bonds is 5. The summed E-state index contributed by atoms with van der Waals surface area (Å²) in [7, 11) is 0. The molecule has 0 saturated carbocycles. The van der Waals surface area contributed by atoms with E-state index in [0.29, 0.717) is 4.47 Å². The van der Waals surface area contributed by atoms with E-state index in [9.17, 15) is 13.2 Å². The van der Waals surface area contributed by atoms with Crippen LogP contribution in [0.3, 0.4) is 0 Å². The second kappa shape index (κ2) is 7.76. The van der Waals surface area contributed by atoms with Crippen LogP contribution in [0.2, 0.25) is 0 Å². The number of ether oxygens (including phenoxy) is 2. The molecule has 142 valence electrons. The molecule has 0 N–H and O–H groups in total. The first-order valence-electron chi connectivity index (χ1n) is 8.29. The van der Waals surface area contributed by atoms with E-state index in [4.69, 9.17) is 9.47 Å². The van der Waals surface area contributed by atoms with Crippen molar-refractivity contribution in [2.24, 2.45) is 0 Å². The highest BCUT2D eigenvalue weighted by Crippen LogP contribution is 2.43. The molecule has 1 aromatic heterocycles. The van der Waals surface area contributed by atoms with Crippen molar-refractivity contribution in [2.75, 3.05) is 0 Å². The third-order valence-corrected chi connectivity index (χ3v) is 4.37. The van der Waals surface area contributed by atoms with E-state index in [0.717, 1.165) is 11.6 Å². The summed E-state index contributed by atoms with van der Waals surface area (Å²) >= 11 is 3.30. The SMILES string of the molecule is CC(C)Oc1cc(C(F)(F)F)c2c(OCc3ccccc3)c(Br)ccc2n1. The molecule has 0 radical (unpaired) electrons. The minimum absolute atomic E-state index is 0.0684. The second-order valence-corrected chi connectivity index (χ2v) is 7.07. The van der Waals surface area contributed by atoms with E-state index in [1.54, 1.807) is 19.9 Å². The summed E-state index contributed by atoms with van der Waals surface area (Å²) < 4.78 is 52.9. The van der Waals surface area contributed by atoms with E-state index >= 15 is 0 Å². The Kier molecular flexibility index (Phi) is 5.60. The first-order valence-corrected chi connectivity index (χ1v) is 9.09. The Hall–Kier alpha value is -2.28. The van der Waals surface area contributed by atoms with Crippen molar-refractivity contribution in [3.05, 3.63) is 64.1 Å². The summed E-state index contributed by atoms with van der Waals surface area (Å²) in [4.78, 5) is 4.22. The predicted octanol–water partition coefficient (Wildman–Crippen LogP) is 6.38. The molecule has 0 spiro atoms. The van der Waals surface area contributed by atoms with Crippen LogP contribution in [0, 0.1) is 0 Å². The van der Waals surface area contributed by atoms with Gasteiger partial charge < -0.3 is 9.47 Å². The number of pyridine rings is 1. The van der Waals surface area contributed by atoms with Gasteiger partial charge in [-0.3, -0.25) is 0 Å². The topological polar surface area (TPSA) is 31.4 Å². The smallest absolute Gasteiger partial charge is 0.417 e. The van der Waals surface area contributed by atoms with Crippen molar-refractivity contribution >= 4 is 26.8 Å². The molecule has 0 aliphatic carbocycles. The maximum Gasteiger partial charge on any atom is 0.417 e. The Morgan fingerprint density at radius 1 is 1.07 bits per heavy atom. The average Bonchev–Trinajstić information content (AvgIpc) is 2.60. The molecule has 0 bridgehead atoms. The first-order chi connectivity index (χ1) is 12.8. The van der Waals surface area contributed by atoms with Gasteiger partial charge in [-0.15, -0.1) is 0 Å². The Bertz CT molecular complexity index is 943. The molecule has 7 heteroatoms. The van der Waals surface area contributed by atoms with Crippen molar-refractivity contribution in [2.45, 2.75) is 32.7 Å². The van der Waals surface area contributed by atoms with Crippen LogP contribution in [0.25, 0.3) is 10.9 Å². The molecular formula is C20H17BrF3NO2. The standard InChI is InChI=1S/C20H17BrF3NO2/c1-12(2)27-17-10-14(20(22,23)24)18-16(25-17)9-8-15(21)19(18)26-11-13-6-4-3-5-7-13/h3-10,12H,11H2,1-2H3. The molecular weight excluding hydrogens is 423 g/mol. The molecule has 0 unspecified atom stereocenters. The number of aromatic nitrogens is 1. The van der Waals surface area contributed by atoms with E-state index in [1.807, 2.05) is 30.3 Å². The number of hydrogen-bond acceptors (Lipinski definition) is 3. The normalized spacial score (nSPS) is 11.8. The average molecular weight is 440 g/mol. The highest BCUT2D eigenvalue weighted by molar-refractivity contribution is 9.10. The Morgan fingerprint density at radius 2 is 1.78 bits per heavy atom. The Morgan fingerprint density at radius 3 is 2.41 bits per heavy atom. The van der Waals surface area contributed by atoms with Gasteiger partial charge in [-0.1, -0.05) is 30.3 Å². The lowest BCUT2D eigenvalue weighted by atomic mass is 10.1. The summed E-state index contributed by atoms with van der Waals surface area (Å²) in [6.45, 7) is 3.60. The fraction of sp³-hybridized carbons (Fsp3) is 0.250. The molecule has 3 nitrogen and oxygen atoms in total. The van der Waals surface area contributed by atoms with E-state index < -0.39 is 11.7 Å². The van der Waals surface area contributed by atoms with Crippen LogP contribution < -0.4 is 9.47 Å². The van der Waals surface area contributed by atoms with Crippen molar-refractivity contribution < 1.29 is 22.6 Å². The van der Waals surface area contributed by atoms with Crippen LogP contribution in [-0.4, -0.2) is 11.1 Å². The van der Waals surface area contributed by atoms with Crippen LogP contribution in [0.4, 0.5) is 13.2 Å². The van der Waals surface area contributed by atoms with Gasteiger partial charge in [-0.25, -0.2) is 4.98 Å². The molecule has 0 aliphatic heterocycles. The quantitative estimate of drug-likeness (QED) is 0.461. The van der Waals surface area contributed by atoms with E-state index in [1.165, 1.54) is 6.07 Å². The molecule has 0 atom stereocenters. The molecule has 3 rings (SSSR count). The molecule has 1 heterocycles.